The summed E-state index contributed by atoms with van der Waals surface area (Å²) in [5.41, 5.74) is 3.40. The molecule has 4 rings (SSSR count). The van der Waals surface area contributed by atoms with Crippen molar-refractivity contribution in [3.8, 4) is 0 Å². The van der Waals surface area contributed by atoms with Crippen LogP contribution in [0.4, 0.5) is 11.4 Å². The van der Waals surface area contributed by atoms with Crippen molar-refractivity contribution in [2.24, 2.45) is 0 Å². The quantitative estimate of drug-likeness (QED) is 0.157. The molecular formula is C31H26ClN3O3S. The average molecular weight is 556 g/mol. The molecule has 0 fully saturated rings. The van der Waals surface area contributed by atoms with Crippen LogP contribution in [0.25, 0.3) is 6.08 Å². The van der Waals surface area contributed by atoms with Gasteiger partial charge in [0.05, 0.1) is 5.75 Å². The lowest BCUT2D eigenvalue weighted by atomic mass is 10.1. The van der Waals surface area contributed by atoms with Crippen LogP contribution in [-0.2, 0) is 9.59 Å². The molecule has 39 heavy (non-hydrogen) atoms. The number of rotatable bonds is 9. The first-order valence-corrected chi connectivity index (χ1v) is 13.5. The number of hydrogen-bond acceptors (Lipinski definition) is 4. The van der Waals surface area contributed by atoms with Crippen molar-refractivity contribution in [1.82, 2.24) is 5.32 Å². The third-order valence-corrected chi connectivity index (χ3v) is 6.96. The van der Waals surface area contributed by atoms with E-state index in [4.69, 9.17) is 11.6 Å². The van der Waals surface area contributed by atoms with E-state index in [1.54, 1.807) is 60.7 Å². The summed E-state index contributed by atoms with van der Waals surface area (Å²) in [6.45, 7) is 1.90. The van der Waals surface area contributed by atoms with E-state index in [0.29, 0.717) is 22.0 Å². The van der Waals surface area contributed by atoms with Gasteiger partial charge in [-0.25, -0.2) is 0 Å². The first-order chi connectivity index (χ1) is 18.9. The number of nitrogens with one attached hydrogen (secondary N) is 3. The molecule has 3 N–H and O–H groups in total. The van der Waals surface area contributed by atoms with E-state index in [9.17, 15) is 14.4 Å². The second-order valence-corrected chi connectivity index (χ2v) is 10.0. The van der Waals surface area contributed by atoms with Crippen LogP contribution in [0.2, 0.25) is 5.02 Å². The molecule has 0 spiro atoms. The van der Waals surface area contributed by atoms with Gasteiger partial charge in [0.2, 0.25) is 5.91 Å². The zero-order chi connectivity index (χ0) is 27.6. The first-order valence-electron chi connectivity index (χ1n) is 12.1. The highest BCUT2D eigenvalue weighted by Gasteiger charge is 2.15. The van der Waals surface area contributed by atoms with E-state index in [1.165, 1.54) is 11.8 Å². The molecule has 6 nitrogen and oxygen atoms in total. The third-order valence-electron chi connectivity index (χ3n) is 5.56. The molecule has 4 aromatic carbocycles. The number of carbonyl (C=O) groups excluding carboxylic acids is 3. The second kappa shape index (κ2) is 13.5. The minimum atomic E-state index is -0.473. The number of halogens is 1. The monoisotopic (exact) mass is 555 g/mol. The lowest BCUT2D eigenvalue weighted by Crippen LogP contribution is -2.30. The Morgan fingerprint density at radius 1 is 0.795 bits per heavy atom. The van der Waals surface area contributed by atoms with Gasteiger partial charge < -0.3 is 16.0 Å². The Balaban J connectivity index is 1.42. The molecule has 0 aliphatic rings. The average Bonchev–Trinajstić information content (AvgIpc) is 2.95. The standard InChI is InChI=1S/C31H26ClN3O3S/c1-21-15-16-25(19-27(21)32)33-29(36)20-39-26-14-8-13-24(18-26)34-31(38)28(17-22-9-4-2-5-10-22)35-30(37)23-11-6-3-7-12-23/h2-19H,20H2,1H3,(H,33,36)(H,34,38)(H,35,37)/b28-17-. The van der Waals surface area contributed by atoms with Gasteiger partial charge in [-0.3, -0.25) is 14.4 Å². The third kappa shape index (κ3) is 8.33. The van der Waals surface area contributed by atoms with Gasteiger partial charge in [0.15, 0.2) is 0 Å². The molecule has 0 aliphatic carbocycles. The Morgan fingerprint density at radius 3 is 2.21 bits per heavy atom. The van der Waals surface area contributed by atoms with Crippen molar-refractivity contribution in [3.63, 3.8) is 0 Å². The number of aryl methyl sites for hydroxylation is 1. The van der Waals surface area contributed by atoms with Crippen LogP contribution in [0, 0.1) is 6.92 Å². The second-order valence-electron chi connectivity index (χ2n) is 8.57. The van der Waals surface area contributed by atoms with Gasteiger partial charge in [-0.15, -0.1) is 11.8 Å². The molecule has 196 valence electrons. The molecule has 0 atom stereocenters. The van der Waals surface area contributed by atoms with Crippen LogP contribution < -0.4 is 16.0 Å². The largest absolute Gasteiger partial charge is 0.325 e. The van der Waals surface area contributed by atoms with E-state index >= 15 is 0 Å². The molecule has 0 heterocycles. The molecule has 3 amide bonds. The summed E-state index contributed by atoms with van der Waals surface area (Å²) in [5.74, 6) is -0.863. The Labute approximate surface area is 236 Å². The Hall–Kier alpha value is -4.33. The van der Waals surface area contributed by atoms with Crippen LogP contribution in [-0.4, -0.2) is 23.5 Å². The predicted molar refractivity (Wildman–Crippen MR) is 159 cm³/mol. The number of thioether (sulfide) groups is 1. The highest BCUT2D eigenvalue weighted by atomic mass is 35.5. The molecule has 0 aliphatic heterocycles. The number of carbonyl (C=O) groups is 3. The minimum absolute atomic E-state index is 0.101. The van der Waals surface area contributed by atoms with E-state index in [0.717, 1.165) is 16.0 Å². The van der Waals surface area contributed by atoms with Crippen molar-refractivity contribution in [1.29, 1.82) is 0 Å². The smallest absolute Gasteiger partial charge is 0.272 e. The summed E-state index contributed by atoms with van der Waals surface area (Å²) in [4.78, 5) is 39.3. The number of hydrogen-bond donors (Lipinski definition) is 3. The maximum Gasteiger partial charge on any atom is 0.272 e. The molecular weight excluding hydrogens is 530 g/mol. The molecule has 0 saturated heterocycles. The highest BCUT2D eigenvalue weighted by molar-refractivity contribution is 8.00. The van der Waals surface area contributed by atoms with Crippen LogP contribution in [0.3, 0.4) is 0 Å². The van der Waals surface area contributed by atoms with Crippen molar-refractivity contribution < 1.29 is 14.4 Å². The molecule has 0 unspecified atom stereocenters. The van der Waals surface area contributed by atoms with Gasteiger partial charge in [-0.2, -0.15) is 0 Å². The Kier molecular flexibility index (Phi) is 9.56. The summed E-state index contributed by atoms with van der Waals surface area (Å²) >= 11 is 7.47. The number of anilines is 2. The summed E-state index contributed by atoms with van der Waals surface area (Å²) in [6, 6.07) is 30.5. The van der Waals surface area contributed by atoms with Gasteiger partial charge in [-0.05, 0) is 66.6 Å². The van der Waals surface area contributed by atoms with Crippen molar-refractivity contribution in [3.05, 3.63) is 131 Å². The van der Waals surface area contributed by atoms with Crippen LogP contribution in [0.15, 0.2) is 114 Å². The zero-order valence-corrected chi connectivity index (χ0v) is 22.7. The number of amides is 3. The maximum absolute atomic E-state index is 13.2. The zero-order valence-electron chi connectivity index (χ0n) is 21.1. The van der Waals surface area contributed by atoms with Crippen LogP contribution >= 0.6 is 23.4 Å². The lowest BCUT2D eigenvalue weighted by Gasteiger charge is -2.12. The molecule has 0 bridgehead atoms. The highest BCUT2D eigenvalue weighted by Crippen LogP contribution is 2.24. The summed E-state index contributed by atoms with van der Waals surface area (Å²) < 4.78 is 0. The number of benzene rings is 4. The maximum atomic E-state index is 13.2. The van der Waals surface area contributed by atoms with E-state index in [1.807, 2.05) is 55.5 Å². The molecule has 0 aromatic heterocycles. The van der Waals surface area contributed by atoms with Crippen molar-refractivity contribution >= 4 is 58.5 Å². The predicted octanol–water partition coefficient (Wildman–Crippen LogP) is 6.79. The summed E-state index contributed by atoms with van der Waals surface area (Å²) in [6.07, 6.45) is 1.62. The van der Waals surface area contributed by atoms with E-state index in [2.05, 4.69) is 16.0 Å². The SMILES string of the molecule is Cc1ccc(NC(=O)CSc2cccc(NC(=O)/C(=C/c3ccccc3)NC(=O)c3ccccc3)c2)cc1Cl. The fourth-order valence-corrected chi connectivity index (χ4v) is 4.47. The van der Waals surface area contributed by atoms with Gasteiger partial charge in [0.1, 0.15) is 5.70 Å². The summed E-state index contributed by atoms with van der Waals surface area (Å²) in [5, 5.41) is 9.00. The van der Waals surface area contributed by atoms with Gasteiger partial charge in [0, 0.05) is 26.9 Å². The summed E-state index contributed by atoms with van der Waals surface area (Å²) in [7, 11) is 0. The van der Waals surface area contributed by atoms with Crippen LogP contribution in [0.1, 0.15) is 21.5 Å². The topological polar surface area (TPSA) is 87.3 Å². The fourth-order valence-electron chi connectivity index (χ4n) is 3.54. The molecule has 8 heteroatoms. The van der Waals surface area contributed by atoms with Gasteiger partial charge in [0.25, 0.3) is 11.8 Å². The van der Waals surface area contributed by atoms with E-state index < -0.39 is 11.8 Å². The molecule has 4 aromatic rings. The molecule has 0 radical (unpaired) electrons. The normalized spacial score (nSPS) is 11.0. The van der Waals surface area contributed by atoms with Crippen molar-refractivity contribution in [2.75, 3.05) is 16.4 Å². The minimum Gasteiger partial charge on any atom is -0.325 e. The van der Waals surface area contributed by atoms with Gasteiger partial charge >= 0.3 is 0 Å². The van der Waals surface area contributed by atoms with Crippen molar-refractivity contribution in [2.45, 2.75) is 11.8 Å². The Bertz CT molecular complexity index is 1510. The Morgan fingerprint density at radius 2 is 1.49 bits per heavy atom. The van der Waals surface area contributed by atoms with Gasteiger partial charge in [-0.1, -0.05) is 72.3 Å². The fraction of sp³-hybridized carbons (Fsp3) is 0.0645. The van der Waals surface area contributed by atoms with E-state index in [-0.39, 0.29) is 17.4 Å². The van der Waals surface area contributed by atoms with Crippen LogP contribution in [0.5, 0.6) is 0 Å². The molecule has 0 saturated carbocycles. The first kappa shape index (κ1) is 27.7. The lowest BCUT2D eigenvalue weighted by molar-refractivity contribution is -0.114.